The second-order valence-electron chi connectivity index (χ2n) is 3.67. The lowest BCUT2D eigenvalue weighted by Crippen LogP contribution is -2.02. The summed E-state index contributed by atoms with van der Waals surface area (Å²) in [5.74, 6) is 0. The lowest BCUT2D eigenvalue weighted by atomic mass is 10.3. The third-order valence-electron chi connectivity index (χ3n) is 2.28. The van der Waals surface area contributed by atoms with Crippen LogP contribution in [0, 0.1) is 10.9 Å². The van der Waals surface area contributed by atoms with Crippen molar-refractivity contribution >= 4 is 23.6 Å². The van der Waals surface area contributed by atoms with Crippen LogP contribution in [-0.2, 0) is 6.54 Å². The fourth-order valence-electron chi connectivity index (χ4n) is 1.54. The van der Waals surface area contributed by atoms with E-state index in [-0.39, 0.29) is 0 Å². The maximum atomic E-state index is 5.04. The van der Waals surface area contributed by atoms with E-state index in [2.05, 4.69) is 28.3 Å². The maximum absolute atomic E-state index is 5.04. The Labute approximate surface area is 103 Å². The van der Waals surface area contributed by atoms with Gasteiger partial charge in [-0.1, -0.05) is 24.7 Å². The van der Waals surface area contributed by atoms with Crippen molar-refractivity contribution < 1.29 is 0 Å². The third-order valence-corrected chi connectivity index (χ3v) is 3.39. The quantitative estimate of drug-likeness (QED) is 0.852. The van der Waals surface area contributed by atoms with Gasteiger partial charge in [-0.3, -0.25) is 9.78 Å². The van der Waals surface area contributed by atoms with Gasteiger partial charge in [0, 0.05) is 6.54 Å². The number of aryl methyl sites for hydroxylation is 2. The van der Waals surface area contributed by atoms with Gasteiger partial charge in [0.05, 0.1) is 11.4 Å². The molecule has 0 aliphatic carbocycles. The highest BCUT2D eigenvalue weighted by Gasteiger charge is 2.10. The molecule has 0 unspecified atom stereocenters. The van der Waals surface area contributed by atoms with E-state index in [1.807, 2.05) is 11.6 Å². The molecule has 2 aromatic heterocycles. The lowest BCUT2D eigenvalue weighted by molar-refractivity contribution is 0.573. The van der Waals surface area contributed by atoms with Crippen LogP contribution in [0.4, 0.5) is 0 Å². The van der Waals surface area contributed by atoms with Crippen molar-refractivity contribution in [2.24, 2.45) is 0 Å². The monoisotopic (exact) mass is 254 g/mol. The Balaban J connectivity index is 2.35. The molecule has 16 heavy (non-hydrogen) atoms. The maximum Gasteiger partial charge on any atom is 0.176 e. The molecule has 1 N–H and O–H groups in total. The van der Waals surface area contributed by atoms with Crippen LogP contribution in [-0.4, -0.2) is 20.0 Å². The molecule has 0 saturated heterocycles. The molecule has 2 heterocycles. The van der Waals surface area contributed by atoms with Gasteiger partial charge in [-0.05, 0) is 31.6 Å². The standard InChI is InChI=1S/C10H14N4S2/c1-3-4-5-14-8(6-7(2)13-14)9-11-12-10(15)16-9/h6H,3-5H2,1-2H3,(H,12,15). The highest BCUT2D eigenvalue weighted by Crippen LogP contribution is 2.22. The topological polar surface area (TPSA) is 46.5 Å². The van der Waals surface area contributed by atoms with E-state index in [1.165, 1.54) is 11.3 Å². The molecule has 6 heteroatoms. The number of aromatic amines is 1. The molecule has 0 aromatic carbocycles. The minimum Gasteiger partial charge on any atom is -0.262 e. The summed E-state index contributed by atoms with van der Waals surface area (Å²) in [6.07, 6.45) is 2.29. The smallest absolute Gasteiger partial charge is 0.176 e. The molecular weight excluding hydrogens is 240 g/mol. The van der Waals surface area contributed by atoms with Crippen molar-refractivity contribution in [3.63, 3.8) is 0 Å². The van der Waals surface area contributed by atoms with E-state index in [1.54, 1.807) is 0 Å². The number of hydrogen-bond donors (Lipinski definition) is 1. The zero-order valence-electron chi connectivity index (χ0n) is 9.36. The first-order chi connectivity index (χ1) is 7.70. The van der Waals surface area contributed by atoms with Crippen molar-refractivity contribution in [2.75, 3.05) is 0 Å². The van der Waals surface area contributed by atoms with Gasteiger partial charge in [0.15, 0.2) is 8.96 Å². The average molecular weight is 254 g/mol. The molecule has 4 nitrogen and oxygen atoms in total. The van der Waals surface area contributed by atoms with E-state index in [9.17, 15) is 0 Å². The Morgan fingerprint density at radius 2 is 2.38 bits per heavy atom. The Bertz CT molecular complexity index is 523. The Morgan fingerprint density at radius 3 is 3.00 bits per heavy atom. The Hall–Kier alpha value is -1.01. The highest BCUT2D eigenvalue weighted by molar-refractivity contribution is 7.73. The molecule has 0 saturated carbocycles. The summed E-state index contributed by atoms with van der Waals surface area (Å²) in [6.45, 7) is 5.11. The number of rotatable bonds is 4. The van der Waals surface area contributed by atoms with Crippen LogP contribution in [0.2, 0.25) is 0 Å². The average Bonchev–Trinajstić information content (AvgIpc) is 2.81. The van der Waals surface area contributed by atoms with Crippen molar-refractivity contribution in [1.82, 2.24) is 20.0 Å². The largest absolute Gasteiger partial charge is 0.262 e. The molecule has 2 aromatic rings. The van der Waals surface area contributed by atoms with Crippen molar-refractivity contribution in [1.29, 1.82) is 0 Å². The van der Waals surface area contributed by atoms with Crippen molar-refractivity contribution in [2.45, 2.75) is 33.2 Å². The summed E-state index contributed by atoms with van der Waals surface area (Å²) in [4.78, 5) is 0. The Kier molecular flexibility index (Phi) is 3.50. The van der Waals surface area contributed by atoms with Crippen LogP contribution in [0.15, 0.2) is 6.07 Å². The molecule has 0 bridgehead atoms. The van der Waals surface area contributed by atoms with Crippen LogP contribution < -0.4 is 0 Å². The normalized spacial score (nSPS) is 10.9. The van der Waals surface area contributed by atoms with E-state index in [0.717, 1.165) is 35.8 Å². The Morgan fingerprint density at radius 1 is 1.56 bits per heavy atom. The number of nitrogens with zero attached hydrogens (tertiary/aromatic N) is 3. The van der Waals surface area contributed by atoms with Gasteiger partial charge >= 0.3 is 0 Å². The van der Waals surface area contributed by atoms with Crippen LogP contribution in [0.5, 0.6) is 0 Å². The number of hydrogen-bond acceptors (Lipinski definition) is 4. The van der Waals surface area contributed by atoms with Gasteiger partial charge in [0.1, 0.15) is 0 Å². The summed E-state index contributed by atoms with van der Waals surface area (Å²) < 4.78 is 2.72. The van der Waals surface area contributed by atoms with E-state index in [0.29, 0.717) is 3.95 Å². The summed E-state index contributed by atoms with van der Waals surface area (Å²) in [7, 11) is 0. The molecule has 0 amide bonds. The number of nitrogens with one attached hydrogen (secondary N) is 1. The molecule has 0 fully saturated rings. The third kappa shape index (κ3) is 2.38. The molecule has 86 valence electrons. The molecule has 0 aliphatic rings. The first-order valence-corrected chi connectivity index (χ1v) is 6.53. The fraction of sp³-hybridized carbons (Fsp3) is 0.500. The van der Waals surface area contributed by atoms with Gasteiger partial charge in [0.2, 0.25) is 0 Å². The summed E-state index contributed by atoms with van der Waals surface area (Å²) in [5.41, 5.74) is 2.08. The molecule has 0 aliphatic heterocycles. The minimum absolute atomic E-state index is 0.705. The molecular formula is C10H14N4S2. The molecule has 2 rings (SSSR count). The predicted octanol–water partition coefficient (Wildman–Crippen LogP) is 3.17. The number of H-pyrrole nitrogens is 1. The van der Waals surface area contributed by atoms with E-state index >= 15 is 0 Å². The second-order valence-corrected chi connectivity index (χ2v) is 5.33. The van der Waals surface area contributed by atoms with Gasteiger partial charge in [-0.15, -0.1) is 0 Å². The van der Waals surface area contributed by atoms with Crippen LogP contribution in [0.3, 0.4) is 0 Å². The fourth-order valence-corrected chi connectivity index (χ4v) is 2.44. The number of aromatic nitrogens is 4. The second kappa shape index (κ2) is 4.88. The van der Waals surface area contributed by atoms with Crippen molar-refractivity contribution in [3.8, 4) is 10.7 Å². The summed E-state index contributed by atoms with van der Waals surface area (Å²) in [5, 5.41) is 12.4. The van der Waals surface area contributed by atoms with Crippen LogP contribution >= 0.6 is 23.6 Å². The van der Waals surface area contributed by atoms with Gasteiger partial charge in [0.25, 0.3) is 0 Å². The highest BCUT2D eigenvalue weighted by atomic mass is 32.1. The predicted molar refractivity (Wildman–Crippen MR) is 68.2 cm³/mol. The molecule has 0 radical (unpaired) electrons. The van der Waals surface area contributed by atoms with Gasteiger partial charge in [-0.25, -0.2) is 0 Å². The molecule has 0 atom stereocenters. The van der Waals surface area contributed by atoms with Crippen LogP contribution in [0.25, 0.3) is 10.7 Å². The number of unbranched alkanes of at least 4 members (excludes halogenated alkanes) is 1. The van der Waals surface area contributed by atoms with Crippen LogP contribution in [0.1, 0.15) is 25.5 Å². The zero-order chi connectivity index (χ0) is 11.5. The first-order valence-electron chi connectivity index (χ1n) is 5.31. The van der Waals surface area contributed by atoms with Gasteiger partial charge in [-0.2, -0.15) is 10.2 Å². The van der Waals surface area contributed by atoms with Gasteiger partial charge < -0.3 is 0 Å². The zero-order valence-corrected chi connectivity index (χ0v) is 11.0. The van der Waals surface area contributed by atoms with E-state index < -0.39 is 0 Å². The van der Waals surface area contributed by atoms with E-state index in [4.69, 9.17) is 12.2 Å². The SMILES string of the molecule is CCCCn1nc(C)cc1-c1n[nH]c(=S)s1. The lowest BCUT2D eigenvalue weighted by Gasteiger charge is -2.03. The molecule has 0 spiro atoms. The summed E-state index contributed by atoms with van der Waals surface area (Å²) >= 11 is 6.53. The minimum atomic E-state index is 0.705. The van der Waals surface area contributed by atoms with Crippen molar-refractivity contribution in [3.05, 3.63) is 15.7 Å². The summed E-state index contributed by atoms with van der Waals surface area (Å²) in [6, 6.07) is 2.05. The first kappa shape index (κ1) is 11.5.